The van der Waals surface area contributed by atoms with Crippen molar-refractivity contribution in [2.24, 2.45) is 5.73 Å². The van der Waals surface area contributed by atoms with Gasteiger partial charge in [0, 0.05) is 13.1 Å². The molecule has 0 saturated heterocycles. The normalized spacial score (nSPS) is 12.2. The van der Waals surface area contributed by atoms with Crippen molar-refractivity contribution in [1.29, 1.82) is 0 Å². The molecular weight excluding hydrogens is 432 g/mol. The van der Waals surface area contributed by atoms with Crippen LogP contribution in [0.5, 0.6) is 11.5 Å². The zero-order chi connectivity index (χ0) is 23.6. The molecule has 1 unspecified atom stereocenters. The molecule has 9 heteroatoms. The van der Waals surface area contributed by atoms with E-state index in [1.54, 1.807) is 44.6 Å². The van der Waals surface area contributed by atoms with E-state index in [0.29, 0.717) is 17.9 Å². The summed E-state index contributed by atoms with van der Waals surface area (Å²) in [6, 6.07) is 14.4. The van der Waals surface area contributed by atoms with Gasteiger partial charge in [0.15, 0.2) is 0 Å². The van der Waals surface area contributed by atoms with Crippen molar-refractivity contribution >= 4 is 16.1 Å². The lowest BCUT2D eigenvalue weighted by Crippen LogP contribution is -2.41. The van der Waals surface area contributed by atoms with Crippen molar-refractivity contribution in [2.75, 3.05) is 20.8 Å². The Bertz CT molecular complexity index is 925. The predicted molar refractivity (Wildman–Crippen MR) is 123 cm³/mol. The third-order valence-electron chi connectivity index (χ3n) is 4.92. The third kappa shape index (κ3) is 7.28. The van der Waals surface area contributed by atoms with Crippen molar-refractivity contribution in [2.45, 2.75) is 31.2 Å². The summed E-state index contributed by atoms with van der Waals surface area (Å²) in [5, 5.41) is -0.954. The van der Waals surface area contributed by atoms with Crippen LogP contribution in [-0.4, -0.2) is 44.9 Å². The molecule has 0 aliphatic heterocycles. The van der Waals surface area contributed by atoms with Crippen molar-refractivity contribution in [1.82, 2.24) is 4.31 Å². The summed E-state index contributed by atoms with van der Waals surface area (Å²) in [4.78, 5) is 11.1. The van der Waals surface area contributed by atoms with Gasteiger partial charge in [0.1, 0.15) is 23.4 Å². The van der Waals surface area contributed by atoms with Gasteiger partial charge in [0.2, 0.25) is 10.0 Å². The quantitative estimate of drug-likeness (QED) is 0.457. The Morgan fingerprint density at radius 3 is 1.84 bits per heavy atom. The van der Waals surface area contributed by atoms with Crippen LogP contribution in [0.2, 0.25) is 0 Å². The van der Waals surface area contributed by atoms with Crippen LogP contribution >= 0.6 is 0 Å². The largest absolute Gasteiger partial charge is 0.497 e. The van der Waals surface area contributed by atoms with Crippen LogP contribution < -0.4 is 15.2 Å². The van der Waals surface area contributed by atoms with Gasteiger partial charge in [-0.15, -0.1) is 6.58 Å². The van der Waals surface area contributed by atoms with Gasteiger partial charge in [-0.1, -0.05) is 30.3 Å². The number of nitrogens with zero attached hydrogens (tertiary/aromatic N) is 1. The lowest BCUT2D eigenvalue weighted by atomic mass is 10.2. The monoisotopic (exact) mass is 462 g/mol. The molecule has 0 aliphatic rings. The number of amides is 1. The Balaban J connectivity index is 2.36. The number of ether oxygens (including phenoxy) is 3. The molecule has 0 saturated carbocycles. The number of carbonyl (C=O) groups is 1. The molecule has 2 aromatic rings. The topological polar surface area (TPSA) is 108 Å². The summed E-state index contributed by atoms with van der Waals surface area (Å²) < 4.78 is 43.8. The van der Waals surface area contributed by atoms with Gasteiger partial charge in [0.25, 0.3) is 0 Å². The van der Waals surface area contributed by atoms with E-state index < -0.39 is 21.4 Å². The van der Waals surface area contributed by atoms with E-state index in [2.05, 4.69) is 6.58 Å². The van der Waals surface area contributed by atoms with Crippen LogP contribution in [0.15, 0.2) is 61.2 Å². The first-order valence-corrected chi connectivity index (χ1v) is 11.6. The molecule has 0 bridgehead atoms. The first-order valence-electron chi connectivity index (χ1n) is 10.1. The summed E-state index contributed by atoms with van der Waals surface area (Å²) in [6.07, 6.45) is 1.32. The SMILES string of the molecule is C=CCCC(COC(N)=O)S(=O)(=O)N(Cc1ccc(OC)cc1)Cc1ccc(OC)cc1. The minimum atomic E-state index is -3.87. The van der Waals surface area contributed by atoms with Crippen LogP contribution in [0, 0.1) is 0 Å². The van der Waals surface area contributed by atoms with E-state index in [1.165, 1.54) is 4.31 Å². The lowest BCUT2D eigenvalue weighted by molar-refractivity contribution is 0.154. The van der Waals surface area contributed by atoms with E-state index in [-0.39, 0.29) is 26.1 Å². The number of nitrogens with two attached hydrogens (primary N) is 1. The van der Waals surface area contributed by atoms with Crippen molar-refractivity contribution in [3.8, 4) is 11.5 Å². The van der Waals surface area contributed by atoms with Gasteiger partial charge in [0.05, 0.1) is 14.2 Å². The van der Waals surface area contributed by atoms with Gasteiger partial charge in [-0.2, -0.15) is 4.31 Å². The summed E-state index contributed by atoms with van der Waals surface area (Å²) in [5.41, 5.74) is 6.66. The van der Waals surface area contributed by atoms with E-state index in [4.69, 9.17) is 19.9 Å². The first kappa shape index (κ1) is 25.2. The van der Waals surface area contributed by atoms with E-state index >= 15 is 0 Å². The maximum Gasteiger partial charge on any atom is 0.404 e. The highest BCUT2D eigenvalue weighted by Gasteiger charge is 2.33. The lowest BCUT2D eigenvalue weighted by Gasteiger charge is -2.27. The number of rotatable bonds is 13. The number of carbonyl (C=O) groups excluding carboxylic acids is 1. The molecule has 0 aliphatic carbocycles. The Labute approximate surface area is 189 Å². The highest BCUT2D eigenvalue weighted by Crippen LogP contribution is 2.23. The molecular formula is C23H30N2O6S. The molecule has 1 atom stereocenters. The summed E-state index contributed by atoms with van der Waals surface area (Å²) in [5.74, 6) is 1.36. The minimum absolute atomic E-state index is 0.138. The van der Waals surface area contributed by atoms with E-state index in [0.717, 1.165) is 11.1 Å². The molecule has 2 rings (SSSR count). The van der Waals surface area contributed by atoms with Crippen molar-refractivity contribution in [3.05, 3.63) is 72.3 Å². The number of methoxy groups -OCH3 is 2. The molecule has 0 radical (unpaired) electrons. The fourth-order valence-electron chi connectivity index (χ4n) is 3.11. The second kappa shape index (κ2) is 12.1. The highest BCUT2D eigenvalue weighted by molar-refractivity contribution is 7.89. The summed E-state index contributed by atoms with van der Waals surface area (Å²) in [6.45, 7) is 3.61. The Morgan fingerprint density at radius 1 is 1.00 bits per heavy atom. The fourth-order valence-corrected chi connectivity index (χ4v) is 4.87. The van der Waals surface area contributed by atoms with Crippen LogP contribution in [0.1, 0.15) is 24.0 Å². The van der Waals surface area contributed by atoms with Gasteiger partial charge in [-0.05, 0) is 48.2 Å². The molecule has 0 spiro atoms. The number of sulfonamides is 1. The number of primary amides is 1. The second-order valence-corrected chi connectivity index (χ2v) is 9.34. The summed E-state index contributed by atoms with van der Waals surface area (Å²) >= 11 is 0. The molecule has 8 nitrogen and oxygen atoms in total. The minimum Gasteiger partial charge on any atom is -0.497 e. The molecule has 2 aromatic carbocycles. The maximum absolute atomic E-state index is 13.6. The van der Waals surface area contributed by atoms with Gasteiger partial charge >= 0.3 is 6.09 Å². The molecule has 32 heavy (non-hydrogen) atoms. The van der Waals surface area contributed by atoms with Gasteiger partial charge in [-0.25, -0.2) is 13.2 Å². The van der Waals surface area contributed by atoms with Gasteiger partial charge < -0.3 is 19.9 Å². The zero-order valence-corrected chi connectivity index (χ0v) is 19.2. The van der Waals surface area contributed by atoms with Crippen LogP contribution in [0.25, 0.3) is 0 Å². The third-order valence-corrected chi connectivity index (χ3v) is 7.11. The summed E-state index contributed by atoms with van der Waals surface area (Å²) in [7, 11) is -0.733. The van der Waals surface area contributed by atoms with Crippen LogP contribution in [-0.2, 0) is 27.8 Å². The first-order chi connectivity index (χ1) is 15.3. The molecule has 174 valence electrons. The Hall–Kier alpha value is -3.04. The number of hydrogen-bond donors (Lipinski definition) is 1. The highest BCUT2D eigenvalue weighted by atomic mass is 32.2. The number of allylic oxidation sites excluding steroid dienone is 1. The fraction of sp³-hybridized carbons (Fsp3) is 0.348. The molecule has 1 amide bonds. The second-order valence-electron chi connectivity index (χ2n) is 7.13. The van der Waals surface area contributed by atoms with Gasteiger partial charge in [-0.3, -0.25) is 0 Å². The average molecular weight is 463 g/mol. The van der Waals surface area contributed by atoms with Crippen molar-refractivity contribution < 1.29 is 27.4 Å². The number of hydrogen-bond acceptors (Lipinski definition) is 6. The average Bonchev–Trinajstić information content (AvgIpc) is 2.79. The smallest absolute Gasteiger partial charge is 0.404 e. The van der Waals surface area contributed by atoms with Crippen molar-refractivity contribution in [3.63, 3.8) is 0 Å². The van der Waals surface area contributed by atoms with E-state index in [1.807, 2.05) is 24.3 Å². The molecule has 2 N–H and O–H groups in total. The zero-order valence-electron chi connectivity index (χ0n) is 18.4. The number of benzene rings is 2. The molecule has 0 aromatic heterocycles. The predicted octanol–water partition coefficient (Wildman–Crippen LogP) is 3.47. The molecule has 0 heterocycles. The molecule has 0 fully saturated rings. The van der Waals surface area contributed by atoms with Crippen LogP contribution in [0.3, 0.4) is 0 Å². The Morgan fingerprint density at radius 2 is 1.47 bits per heavy atom. The van der Waals surface area contributed by atoms with Crippen LogP contribution in [0.4, 0.5) is 4.79 Å². The van der Waals surface area contributed by atoms with E-state index in [9.17, 15) is 13.2 Å². The Kier molecular flexibility index (Phi) is 9.55. The maximum atomic E-state index is 13.6. The standard InChI is InChI=1S/C23H30N2O6S/c1-4-5-6-22(17-31-23(24)26)32(27,28)25(15-18-7-11-20(29-2)12-8-18)16-19-9-13-21(30-3)14-10-19/h4,7-14,22H,1,5-6,15-17H2,2-3H3,(H2,24,26).